The second-order valence-corrected chi connectivity index (χ2v) is 9.76. The van der Waals surface area contributed by atoms with Crippen LogP contribution in [0.1, 0.15) is 50.3 Å². The first kappa shape index (κ1) is 21.4. The molecule has 32 heavy (non-hydrogen) atoms. The Balaban J connectivity index is 1.24. The van der Waals surface area contributed by atoms with Crippen molar-refractivity contribution in [3.05, 3.63) is 35.2 Å². The Bertz CT molecular complexity index is 1070. The van der Waals surface area contributed by atoms with Crippen LogP contribution in [-0.4, -0.2) is 48.2 Å². The number of benzene rings is 1. The van der Waals surface area contributed by atoms with Gasteiger partial charge in [0.15, 0.2) is 16.5 Å². The largest absolute Gasteiger partial charge is 0.485 e. The number of hydrogen-bond donors (Lipinski definition) is 0. The van der Waals surface area contributed by atoms with Crippen LogP contribution in [0.25, 0.3) is 23.3 Å². The van der Waals surface area contributed by atoms with E-state index in [1.54, 1.807) is 11.3 Å². The Labute approximate surface area is 192 Å². The summed E-state index contributed by atoms with van der Waals surface area (Å²) in [5, 5.41) is 1.10. The molecule has 0 saturated carbocycles. The van der Waals surface area contributed by atoms with Gasteiger partial charge in [-0.1, -0.05) is 24.2 Å². The fourth-order valence-corrected chi connectivity index (χ4v) is 4.79. The molecule has 0 N–H and O–H groups in total. The minimum Gasteiger partial charge on any atom is -0.485 e. The summed E-state index contributed by atoms with van der Waals surface area (Å²) in [6.45, 7) is 6.99. The first-order valence-electron chi connectivity index (χ1n) is 11.3. The molecule has 1 aromatic carbocycles. The number of nitrogens with zero attached hydrogens (tertiary/aromatic N) is 3. The third-order valence-electron chi connectivity index (χ3n) is 5.69. The molecule has 5 rings (SSSR count). The lowest BCUT2D eigenvalue weighted by molar-refractivity contribution is -0.268. The minimum absolute atomic E-state index is 0.146. The topological polar surface area (TPSA) is 69.9 Å². The Morgan fingerprint density at radius 2 is 1.88 bits per heavy atom. The third-order valence-corrected chi connectivity index (χ3v) is 6.71. The monoisotopic (exact) mass is 455 g/mol. The fourth-order valence-electron chi connectivity index (χ4n) is 3.92. The molecule has 2 aliphatic rings. The average molecular weight is 456 g/mol. The molecule has 2 fully saturated rings. The van der Waals surface area contributed by atoms with Gasteiger partial charge in [0.05, 0.1) is 13.2 Å². The Morgan fingerprint density at radius 3 is 2.66 bits per heavy atom. The van der Waals surface area contributed by atoms with Crippen LogP contribution in [0.4, 0.5) is 5.13 Å². The predicted molar refractivity (Wildman–Crippen MR) is 126 cm³/mol. The molecule has 170 valence electrons. The standard InChI is InChI=1S/C24H29N3O4S/c1-24(2)28-15-18(16-29-24)30-17-7-9-20-21(13-17)31-22(26-20)10-8-19-14-25-23(32-19)27-11-5-3-4-6-12-27/h7-10,13-14,18H,3-6,11-12,15-16H2,1-2H3. The summed E-state index contributed by atoms with van der Waals surface area (Å²) in [4.78, 5) is 12.7. The van der Waals surface area contributed by atoms with Crippen LogP contribution in [0.15, 0.2) is 28.8 Å². The maximum Gasteiger partial charge on any atom is 0.220 e. The van der Waals surface area contributed by atoms with Crippen molar-refractivity contribution < 1.29 is 18.6 Å². The maximum atomic E-state index is 6.00. The minimum atomic E-state index is -0.554. The van der Waals surface area contributed by atoms with E-state index in [2.05, 4.69) is 14.9 Å². The van der Waals surface area contributed by atoms with E-state index < -0.39 is 5.79 Å². The van der Waals surface area contributed by atoms with Crippen LogP contribution in [0.3, 0.4) is 0 Å². The van der Waals surface area contributed by atoms with Gasteiger partial charge in [0.2, 0.25) is 5.89 Å². The molecule has 0 aliphatic carbocycles. The number of aromatic nitrogens is 2. The van der Waals surface area contributed by atoms with E-state index in [9.17, 15) is 0 Å². The van der Waals surface area contributed by atoms with Gasteiger partial charge in [-0.3, -0.25) is 0 Å². The van der Waals surface area contributed by atoms with E-state index >= 15 is 0 Å². The first-order valence-corrected chi connectivity index (χ1v) is 12.1. The van der Waals surface area contributed by atoms with Gasteiger partial charge in [-0.2, -0.15) is 0 Å². The van der Waals surface area contributed by atoms with Gasteiger partial charge in [0, 0.05) is 36.3 Å². The van der Waals surface area contributed by atoms with Gasteiger partial charge in [-0.15, -0.1) is 0 Å². The van der Waals surface area contributed by atoms with Crippen LogP contribution in [0.2, 0.25) is 0 Å². The predicted octanol–water partition coefficient (Wildman–Crippen LogP) is 5.37. The number of rotatable bonds is 5. The molecule has 2 aromatic heterocycles. The zero-order valence-corrected chi connectivity index (χ0v) is 19.4. The van der Waals surface area contributed by atoms with Crippen LogP contribution in [0, 0.1) is 0 Å². The summed E-state index contributed by atoms with van der Waals surface area (Å²) in [5.74, 6) is 0.723. The Kier molecular flexibility index (Phi) is 6.17. The van der Waals surface area contributed by atoms with Crippen LogP contribution in [-0.2, 0) is 9.47 Å². The second kappa shape index (κ2) is 9.21. The van der Waals surface area contributed by atoms with E-state index in [-0.39, 0.29) is 6.10 Å². The summed E-state index contributed by atoms with van der Waals surface area (Å²) >= 11 is 1.71. The highest BCUT2D eigenvalue weighted by Crippen LogP contribution is 2.28. The molecule has 2 aliphatic heterocycles. The number of fused-ring (bicyclic) bond motifs is 1. The molecule has 2 saturated heterocycles. The van der Waals surface area contributed by atoms with E-state index in [4.69, 9.17) is 18.6 Å². The van der Waals surface area contributed by atoms with Crippen LogP contribution in [0.5, 0.6) is 5.75 Å². The number of anilines is 1. The van der Waals surface area contributed by atoms with Crippen molar-refractivity contribution in [2.24, 2.45) is 0 Å². The van der Waals surface area contributed by atoms with E-state index in [1.165, 1.54) is 25.7 Å². The lowest BCUT2D eigenvalue weighted by Gasteiger charge is -2.34. The van der Waals surface area contributed by atoms with Crippen molar-refractivity contribution in [1.29, 1.82) is 0 Å². The van der Waals surface area contributed by atoms with Crippen molar-refractivity contribution in [3.63, 3.8) is 0 Å². The van der Waals surface area contributed by atoms with Crippen molar-refractivity contribution in [2.75, 3.05) is 31.2 Å². The summed E-state index contributed by atoms with van der Waals surface area (Å²) in [5.41, 5.74) is 1.48. The van der Waals surface area contributed by atoms with Crippen molar-refractivity contribution >= 4 is 39.7 Å². The molecular formula is C24H29N3O4S. The van der Waals surface area contributed by atoms with Gasteiger partial charge < -0.3 is 23.5 Å². The SMILES string of the molecule is CC1(C)OCC(Oc2ccc3nc(C=Cc4cnc(N5CCCCCC5)s4)oc3c2)CO1. The lowest BCUT2D eigenvalue weighted by atomic mass is 10.2. The zero-order chi connectivity index (χ0) is 22.0. The number of hydrogen-bond acceptors (Lipinski definition) is 8. The molecule has 0 radical (unpaired) electrons. The first-order chi connectivity index (χ1) is 15.5. The highest BCUT2D eigenvalue weighted by molar-refractivity contribution is 7.16. The third kappa shape index (κ3) is 5.14. The maximum absolute atomic E-state index is 6.00. The molecule has 4 heterocycles. The average Bonchev–Trinajstić information content (AvgIpc) is 3.32. The molecule has 3 aromatic rings. The van der Waals surface area contributed by atoms with E-state index in [0.717, 1.165) is 28.6 Å². The fraction of sp³-hybridized carbons (Fsp3) is 0.500. The lowest BCUT2D eigenvalue weighted by Crippen LogP contribution is -2.44. The van der Waals surface area contributed by atoms with Gasteiger partial charge in [-0.25, -0.2) is 9.97 Å². The molecule has 8 heteroatoms. The van der Waals surface area contributed by atoms with Gasteiger partial charge >= 0.3 is 0 Å². The summed E-state index contributed by atoms with van der Waals surface area (Å²) in [6.07, 6.45) is 10.8. The highest BCUT2D eigenvalue weighted by atomic mass is 32.1. The van der Waals surface area contributed by atoms with Gasteiger partial charge in [0.25, 0.3) is 0 Å². The molecule has 0 unspecified atom stereocenters. The Morgan fingerprint density at radius 1 is 1.09 bits per heavy atom. The number of thiazole rings is 1. The zero-order valence-electron chi connectivity index (χ0n) is 18.6. The molecule has 0 bridgehead atoms. The van der Waals surface area contributed by atoms with E-state index in [0.29, 0.717) is 30.4 Å². The molecule has 0 spiro atoms. The van der Waals surface area contributed by atoms with Crippen molar-refractivity contribution in [2.45, 2.75) is 51.4 Å². The number of oxazole rings is 1. The van der Waals surface area contributed by atoms with Crippen molar-refractivity contribution in [1.82, 2.24) is 9.97 Å². The van der Waals surface area contributed by atoms with Crippen LogP contribution >= 0.6 is 11.3 Å². The summed E-state index contributed by atoms with van der Waals surface area (Å²) in [7, 11) is 0. The van der Waals surface area contributed by atoms with Crippen LogP contribution < -0.4 is 9.64 Å². The molecule has 7 nitrogen and oxygen atoms in total. The summed E-state index contributed by atoms with van der Waals surface area (Å²) in [6, 6.07) is 5.67. The molecule has 0 atom stereocenters. The molecular weight excluding hydrogens is 426 g/mol. The Hall–Kier alpha value is -2.42. The number of ether oxygens (including phenoxy) is 3. The quantitative estimate of drug-likeness (QED) is 0.512. The second-order valence-electron chi connectivity index (χ2n) is 8.72. The highest BCUT2D eigenvalue weighted by Gasteiger charge is 2.29. The smallest absolute Gasteiger partial charge is 0.220 e. The normalized spacial score (nSPS) is 20.1. The summed E-state index contributed by atoms with van der Waals surface area (Å²) < 4.78 is 23.2. The van der Waals surface area contributed by atoms with Gasteiger partial charge in [-0.05, 0) is 44.9 Å². The van der Waals surface area contributed by atoms with Crippen molar-refractivity contribution in [3.8, 4) is 5.75 Å². The van der Waals surface area contributed by atoms with E-state index in [1.807, 2.05) is 50.4 Å². The molecule has 0 amide bonds. The van der Waals surface area contributed by atoms with Gasteiger partial charge in [0.1, 0.15) is 17.4 Å².